The molecule has 0 radical (unpaired) electrons. The number of nitrogens with zero attached hydrogens (tertiary/aromatic N) is 3. The highest BCUT2D eigenvalue weighted by Crippen LogP contribution is 2.50. The summed E-state index contributed by atoms with van der Waals surface area (Å²) in [5.74, 6) is -1.64. The van der Waals surface area contributed by atoms with Crippen molar-refractivity contribution in [1.82, 2.24) is 4.90 Å². The Kier molecular flexibility index (Phi) is 11.0. The van der Waals surface area contributed by atoms with Crippen molar-refractivity contribution in [2.75, 3.05) is 11.4 Å². The third kappa shape index (κ3) is 7.31. The van der Waals surface area contributed by atoms with Crippen molar-refractivity contribution < 1.29 is 19.5 Å². The van der Waals surface area contributed by atoms with Gasteiger partial charge < -0.3 is 10.0 Å². The van der Waals surface area contributed by atoms with Crippen LogP contribution in [0.4, 0.5) is 17.1 Å². The minimum Gasteiger partial charge on any atom is -0.477 e. The lowest BCUT2D eigenvalue weighted by molar-refractivity contribution is -0.132. The van der Waals surface area contributed by atoms with Gasteiger partial charge >= 0.3 is 5.97 Å². The molecule has 1 unspecified atom stereocenters. The van der Waals surface area contributed by atoms with E-state index in [0.717, 1.165) is 67.8 Å². The number of benzene rings is 3. The molecule has 270 valence electrons. The predicted octanol–water partition coefficient (Wildman–Crippen LogP) is 12.1. The lowest BCUT2D eigenvalue weighted by Gasteiger charge is -2.25. The second-order valence-corrected chi connectivity index (χ2v) is 16.3. The monoisotopic (exact) mass is 767 g/mol. The number of carboxylic acids is 1. The van der Waals surface area contributed by atoms with Gasteiger partial charge in [-0.25, -0.2) is 4.79 Å². The van der Waals surface area contributed by atoms with E-state index in [-0.39, 0.29) is 23.3 Å². The lowest BCUT2D eigenvalue weighted by atomic mass is 9.99. The van der Waals surface area contributed by atoms with Crippen LogP contribution < -0.4 is 4.90 Å². The Morgan fingerprint density at radius 2 is 1.31 bits per heavy atom. The van der Waals surface area contributed by atoms with Crippen molar-refractivity contribution in [1.29, 1.82) is 5.26 Å². The average Bonchev–Trinajstić information content (AvgIpc) is 4.00. The molecule has 1 aliphatic rings. The second-order valence-electron chi connectivity index (χ2n) is 13.0. The molecule has 1 N–H and O–H groups in total. The molecule has 4 heterocycles. The van der Waals surface area contributed by atoms with Crippen molar-refractivity contribution >= 4 is 74.9 Å². The van der Waals surface area contributed by atoms with Crippen LogP contribution >= 0.6 is 34.0 Å². The van der Waals surface area contributed by atoms with Crippen molar-refractivity contribution in [2.24, 2.45) is 5.92 Å². The molecule has 1 atom stereocenters. The molecule has 0 fully saturated rings. The second kappa shape index (κ2) is 16.2. The van der Waals surface area contributed by atoms with Crippen molar-refractivity contribution in [2.45, 2.75) is 39.5 Å². The molecular formula is C44H37N3O4S3. The van der Waals surface area contributed by atoms with E-state index in [1.807, 2.05) is 48.5 Å². The summed E-state index contributed by atoms with van der Waals surface area (Å²) in [5, 5.41) is 18.7. The van der Waals surface area contributed by atoms with E-state index in [9.17, 15) is 24.8 Å². The van der Waals surface area contributed by atoms with Crippen LogP contribution in [-0.4, -0.2) is 34.3 Å². The van der Waals surface area contributed by atoms with Gasteiger partial charge in [-0.2, -0.15) is 5.26 Å². The van der Waals surface area contributed by atoms with Crippen molar-refractivity contribution in [3.05, 3.63) is 131 Å². The topological polar surface area (TPSA) is 102 Å². The number of nitriles is 1. The molecular weight excluding hydrogens is 731 g/mol. The third-order valence-corrected chi connectivity index (χ3v) is 13.3. The van der Waals surface area contributed by atoms with E-state index in [0.29, 0.717) is 27.4 Å². The molecule has 0 saturated heterocycles. The highest BCUT2D eigenvalue weighted by molar-refractivity contribution is 7.28. The Bertz CT molecular complexity index is 2340. The number of hydrogen-bond acceptors (Lipinski definition) is 8. The quantitative estimate of drug-likeness (QED) is 0.0673. The molecule has 3 aromatic carbocycles. The SMILES string of the molecule is CCCCC(CC)CN1C(=O)c2c(-c3ccc(/C=C(/C#N)C(=O)O)s3)sc(-c3ccc(-c4ccc(N(c5ccccc5)c5ccccc5)cc4)s3)c2C1=O. The van der Waals surface area contributed by atoms with E-state index >= 15 is 0 Å². The van der Waals surface area contributed by atoms with E-state index in [1.165, 1.54) is 33.6 Å². The number of fused-ring (bicyclic) bond motifs is 1. The van der Waals surface area contributed by atoms with Crippen LogP contribution in [0.2, 0.25) is 0 Å². The minimum absolute atomic E-state index is 0.215. The van der Waals surface area contributed by atoms with Gasteiger partial charge in [-0.15, -0.1) is 34.0 Å². The van der Waals surface area contributed by atoms with Crippen LogP contribution in [0.5, 0.6) is 0 Å². The maximum atomic E-state index is 14.3. The number of unbranched alkanes of at least 4 members (excludes halogenated alkanes) is 1. The fourth-order valence-electron chi connectivity index (χ4n) is 6.72. The smallest absolute Gasteiger partial charge is 0.346 e. The molecule has 2 amide bonds. The standard InChI is InChI=1S/C44H37N3O4S3/c1-3-5-12-28(4-2)27-46-42(48)38-39(43(46)49)41(54-40(38)36-22-21-34(52-36)25-30(26-45)44(50)51)37-24-23-35(53-37)29-17-19-33(20-18-29)47(31-13-8-6-9-14-31)32-15-10-7-11-16-32/h6-11,13-25,28H,3-5,12,27H2,1-2H3,(H,50,51)/b30-25-. The summed E-state index contributed by atoms with van der Waals surface area (Å²) in [6, 6.07) is 38.3. The maximum Gasteiger partial charge on any atom is 0.346 e. The molecule has 54 heavy (non-hydrogen) atoms. The Labute approximate surface area is 326 Å². The summed E-state index contributed by atoms with van der Waals surface area (Å²) in [4.78, 5) is 48.3. The molecule has 0 spiro atoms. The first-order chi connectivity index (χ1) is 26.3. The summed E-state index contributed by atoms with van der Waals surface area (Å²) in [7, 11) is 0. The van der Waals surface area contributed by atoms with Gasteiger partial charge in [0, 0.05) is 43.1 Å². The molecule has 0 bridgehead atoms. The van der Waals surface area contributed by atoms with Crippen LogP contribution in [-0.2, 0) is 4.79 Å². The van der Waals surface area contributed by atoms with Gasteiger partial charge in [0.1, 0.15) is 11.6 Å². The Morgan fingerprint density at radius 3 is 1.87 bits per heavy atom. The summed E-state index contributed by atoms with van der Waals surface area (Å²) >= 11 is 4.29. The largest absolute Gasteiger partial charge is 0.477 e. The zero-order chi connectivity index (χ0) is 37.8. The number of aliphatic carboxylic acids is 1. The number of para-hydroxylation sites is 2. The number of anilines is 3. The summed E-state index contributed by atoms with van der Waals surface area (Å²) < 4.78 is 0. The average molecular weight is 768 g/mol. The minimum atomic E-state index is -1.30. The summed E-state index contributed by atoms with van der Waals surface area (Å²) in [6.07, 6.45) is 5.24. The lowest BCUT2D eigenvalue weighted by Crippen LogP contribution is -2.34. The molecule has 1 aliphatic heterocycles. The first kappa shape index (κ1) is 36.7. The molecule has 6 aromatic rings. The fourth-order valence-corrected chi connectivity index (χ4v) is 10.2. The van der Waals surface area contributed by atoms with Gasteiger partial charge in [-0.1, -0.05) is 81.6 Å². The zero-order valence-corrected chi connectivity index (χ0v) is 32.3. The van der Waals surface area contributed by atoms with Gasteiger partial charge in [-0.3, -0.25) is 14.5 Å². The predicted molar refractivity (Wildman–Crippen MR) is 221 cm³/mol. The number of thiophene rings is 3. The first-order valence-corrected chi connectivity index (χ1v) is 20.3. The number of carbonyl (C=O) groups excluding carboxylic acids is 2. The fraction of sp³-hybridized carbons (Fsp3) is 0.182. The van der Waals surface area contributed by atoms with Gasteiger partial charge in [0.25, 0.3) is 11.8 Å². The van der Waals surface area contributed by atoms with E-state index in [1.54, 1.807) is 23.5 Å². The van der Waals surface area contributed by atoms with Crippen LogP contribution in [0, 0.1) is 17.2 Å². The Balaban J connectivity index is 1.25. The van der Waals surface area contributed by atoms with Crippen LogP contribution in [0.25, 0.3) is 36.0 Å². The van der Waals surface area contributed by atoms with Crippen molar-refractivity contribution in [3.8, 4) is 36.0 Å². The van der Waals surface area contributed by atoms with E-state index in [4.69, 9.17) is 0 Å². The van der Waals surface area contributed by atoms with E-state index in [2.05, 4.69) is 73.3 Å². The highest BCUT2D eigenvalue weighted by Gasteiger charge is 2.43. The Hall–Kier alpha value is -5.60. The van der Waals surface area contributed by atoms with Gasteiger partial charge in [-0.05, 0) is 84.6 Å². The maximum absolute atomic E-state index is 14.3. The molecule has 7 rings (SSSR count). The van der Waals surface area contributed by atoms with Gasteiger partial charge in [0.15, 0.2) is 0 Å². The first-order valence-electron chi connectivity index (χ1n) is 17.9. The number of amides is 2. The summed E-state index contributed by atoms with van der Waals surface area (Å²) in [6.45, 7) is 4.62. The molecule has 7 nitrogen and oxygen atoms in total. The van der Waals surface area contributed by atoms with Crippen LogP contribution in [0.1, 0.15) is 65.1 Å². The van der Waals surface area contributed by atoms with Crippen molar-refractivity contribution in [3.63, 3.8) is 0 Å². The third-order valence-electron chi connectivity index (χ3n) is 9.57. The van der Waals surface area contributed by atoms with Crippen LogP contribution in [0.15, 0.2) is 115 Å². The normalized spacial score (nSPS) is 13.2. The number of imide groups is 1. The van der Waals surface area contributed by atoms with Gasteiger partial charge in [0.05, 0.1) is 20.9 Å². The van der Waals surface area contributed by atoms with E-state index < -0.39 is 5.97 Å². The summed E-state index contributed by atoms with van der Waals surface area (Å²) in [5.41, 5.74) is 4.65. The zero-order valence-electron chi connectivity index (χ0n) is 29.8. The molecule has 10 heteroatoms. The molecule has 0 aliphatic carbocycles. The molecule has 3 aromatic heterocycles. The number of carboxylic acid groups (broad SMARTS) is 1. The van der Waals surface area contributed by atoms with Gasteiger partial charge in [0.2, 0.25) is 0 Å². The number of rotatable bonds is 14. The van der Waals surface area contributed by atoms with Crippen LogP contribution in [0.3, 0.4) is 0 Å². The molecule has 0 saturated carbocycles. The number of hydrogen-bond donors (Lipinski definition) is 1. The number of carbonyl (C=O) groups is 3. The highest BCUT2D eigenvalue weighted by atomic mass is 32.1. The Morgan fingerprint density at radius 1 is 0.759 bits per heavy atom.